The standard InChI is InChI=1S/C31H35ClN4O5S2/c1-33(2)29(37)26-8-6-16-35(26)31(23-12-10-21(18-27(23)41-3)20-34-14-4-5-15-34)24-19-22(32)11-13-25(24)36(30(31)38)43(39,40)28-9-7-17-42-28/h7,9-13,17-19,26H,4-6,8,14-16,20H2,1-3H3/t26-,31?/m0/s1. The van der Waals surface area contributed by atoms with Crippen LogP contribution in [0, 0.1) is 0 Å². The molecule has 43 heavy (non-hydrogen) atoms. The summed E-state index contributed by atoms with van der Waals surface area (Å²) in [6.45, 7) is 3.18. The Morgan fingerprint density at radius 2 is 1.84 bits per heavy atom. The highest BCUT2D eigenvalue weighted by Gasteiger charge is 2.63. The van der Waals surface area contributed by atoms with E-state index in [0.29, 0.717) is 41.3 Å². The van der Waals surface area contributed by atoms with Gasteiger partial charge in [-0.3, -0.25) is 19.4 Å². The van der Waals surface area contributed by atoms with Crippen molar-refractivity contribution in [3.8, 4) is 5.75 Å². The van der Waals surface area contributed by atoms with Gasteiger partial charge in [0, 0.05) is 43.3 Å². The Morgan fingerprint density at radius 1 is 1.07 bits per heavy atom. The number of likely N-dealkylation sites (N-methyl/N-ethyl adjacent to an activating group) is 1. The van der Waals surface area contributed by atoms with Crippen LogP contribution in [0.4, 0.5) is 5.69 Å². The third-order valence-electron chi connectivity index (χ3n) is 8.72. The monoisotopic (exact) mass is 642 g/mol. The lowest BCUT2D eigenvalue weighted by Gasteiger charge is -2.42. The molecule has 12 heteroatoms. The van der Waals surface area contributed by atoms with Crippen LogP contribution in [0.2, 0.25) is 5.02 Å². The zero-order valence-corrected chi connectivity index (χ0v) is 26.8. The summed E-state index contributed by atoms with van der Waals surface area (Å²) >= 11 is 7.64. The summed E-state index contributed by atoms with van der Waals surface area (Å²) in [4.78, 5) is 34.6. The molecule has 2 aromatic carbocycles. The molecule has 3 aromatic rings. The summed E-state index contributed by atoms with van der Waals surface area (Å²) in [5, 5.41) is 2.02. The summed E-state index contributed by atoms with van der Waals surface area (Å²) in [6, 6.07) is 13.1. The Balaban J connectivity index is 1.62. The molecule has 2 fully saturated rings. The van der Waals surface area contributed by atoms with Gasteiger partial charge >= 0.3 is 0 Å². The first-order chi connectivity index (χ1) is 20.6. The van der Waals surface area contributed by atoms with E-state index in [9.17, 15) is 13.2 Å². The van der Waals surface area contributed by atoms with Crippen LogP contribution in [0.1, 0.15) is 42.4 Å². The first kappa shape index (κ1) is 30.1. The number of benzene rings is 2. The molecule has 2 amide bonds. The molecule has 0 spiro atoms. The van der Waals surface area contributed by atoms with Gasteiger partial charge in [0.15, 0.2) is 5.54 Å². The van der Waals surface area contributed by atoms with E-state index >= 15 is 4.79 Å². The number of carbonyl (C=O) groups is 2. The van der Waals surface area contributed by atoms with E-state index in [-0.39, 0.29) is 15.8 Å². The molecule has 3 aliphatic heterocycles. The third-order valence-corrected chi connectivity index (χ3v) is 12.0. The highest BCUT2D eigenvalue weighted by Crippen LogP contribution is 2.55. The van der Waals surface area contributed by atoms with Gasteiger partial charge in [-0.25, -0.2) is 0 Å². The Morgan fingerprint density at radius 3 is 2.51 bits per heavy atom. The molecule has 0 N–H and O–H groups in total. The van der Waals surface area contributed by atoms with Crippen LogP contribution in [-0.4, -0.2) is 81.8 Å². The summed E-state index contributed by atoms with van der Waals surface area (Å²) in [5.74, 6) is -0.381. The van der Waals surface area contributed by atoms with Crippen LogP contribution in [0.5, 0.6) is 5.75 Å². The summed E-state index contributed by atoms with van der Waals surface area (Å²) in [6.07, 6.45) is 3.50. The molecular weight excluding hydrogens is 608 g/mol. The number of anilines is 1. The summed E-state index contributed by atoms with van der Waals surface area (Å²) in [5.41, 5.74) is 0.452. The second-order valence-corrected chi connectivity index (χ2v) is 14.9. The molecule has 9 nitrogen and oxygen atoms in total. The predicted octanol–water partition coefficient (Wildman–Crippen LogP) is 4.54. The molecule has 2 atom stereocenters. The van der Waals surface area contributed by atoms with Crippen LogP contribution in [-0.2, 0) is 31.7 Å². The number of likely N-dealkylation sites (tertiary alicyclic amines) is 2. The Bertz CT molecular complexity index is 1660. The largest absolute Gasteiger partial charge is 0.496 e. The molecule has 2 saturated heterocycles. The maximum absolute atomic E-state index is 15.2. The number of hydrogen-bond acceptors (Lipinski definition) is 8. The fraction of sp³-hybridized carbons (Fsp3) is 0.419. The second kappa shape index (κ2) is 11.5. The number of ether oxygens (including phenoxy) is 1. The number of carbonyl (C=O) groups excluding carboxylic acids is 2. The van der Waals surface area contributed by atoms with E-state index in [1.54, 1.807) is 50.9 Å². The fourth-order valence-corrected chi connectivity index (χ4v) is 9.53. The van der Waals surface area contributed by atoms with E-state index in [0.717, 1.165) is 53.7 Å². The lowest BCUT2D eigenvalue weighted by Crippen LogP contribution is -2.59. The number of rotatable bonds is 8. The van der Waals surface area contributed by atoms with Crippen molar-refractivity contribution in [3.05, 3.63) is 75.6 Å². The number of halogens is 1. The molecule has 0 radical (unpaired) electrons. The molecule has 1 aromatic heterocycles. The van der Waals surface area contributed by atoms with Crippen LogP contribution in [0.3, 0.4) is 0 Å². The molecule has 0 bridgehead atoms. The van der Waals surface area contributed by atoms with Gasteiger partial charge in [-0.1, -0.05) is 29.8 Å². The highest BCUT2D eigenvalue weighted by molar-refractivity contribution is 7.95. The number of sulfonamides is 1. The molecule has 228 valence electrons. The van der Waals surface area contributed by atoms with E-state index < -0.39 is 27.5 Å². The van der Waals surface area contributed by atoms with Crippen molar-refractivity contribution < 1.29 is 22.7 Å². The average molecular weight is 643 g/mol. The van der Waals surface area contributed by atoms with Gasteiger partial charge in [-0.05, 0) is 80.0 Å². The van der Waals surface area contributed by atoms with Gasteiger partial charge in [-0.15, -0.1) is 11.3 Å². The zero-order valence-electron chi connectivity index (χ0n) is 24.5. The van der Waals surface area contributed by atoms with Crippen molar-refractivity contribution in [1.82, 2.24) is 14.7 Å². The number of methoxy groups -OCH3 is 1. The fourth-order valence-electron chi connectivity index (χ4n) is 6.83. The van der Waals surface area contributed by atoms with Gasteiger partial charge in [0.05, 0.1) is 18.8 Å². The number of hydrogen-bond donors (Lipinski definition) is 0. The van der Waals surface area contributed by atoms with Gasteiger partial charge in [0.2, 0.25) is 5.91 Å². The first-order valence-corrected chi connectivity index (χ1v) is 17.1. The molecule has 0 aliphatic carbocycles. The van der Waals surface area contributed by atoms with E-state index in [1.165, 1.54) is 11.0 Å². The van der Waals surface area contributed by atoms with Gasteiger partial charge < -0.3 is 9.64 Å². The van der Waals surface area contributed by atoms with Crippen molar-refractivity contribution in [2.45, 2.75) is 48.0 Å². The van der Waals surface area contributed by atoms with E-state index in [2.05, 4.69) is 4.90 Å². The van der Waals surface area contributed by atoms with Crippen molar-refractivity contribution in [1.29, 1.82) is 0 Å². The normalized spacial score (nSPS) is 22.7. The predicted molar refractivity (Wildman–Crippen MR) is 167 cm³/mol. The zero-order chi connectivity index (χ0) is 30.5. The minimum atomic E-state index is -4.29. The molecular formula is C31H35ClN4O5S2. The molecule has 4 heterocycles. The lowest BCUT2D eigenvalue weighted by molar-refractivity contribution is -0.138. The van der Waals surface area contributed by atoms with Crippen LogP contribution in [0.15, 0.2) is 58.1 Å². The van der Waals surface area contributed by atoms with Gasteiger partial charge in [0.1, 0.15) is 9.96 Å². The lowest BCUT2D eigenvalue weighted by atomic mass is 9.80. The van der Waals surface area contributed by atoms with Crippen molar-refractivity contribution in [2.75, 3.05) is 45.1 Å². The number of fused-ring (bicyclic) bond motifs is 1. The first-order valence-electron chi connectivity index (χ1n) is 14.4. The molecule has 0 saturated carbocycles. The van der Waals surface area contributed by atoms with Crippen LogP contribution >= 0.6 is 22.9 Å². The van der Waals surface area contributed by atoms with Gasteiger partial charge in [-0.2, -0.15) is 12.7 Å². The summed E-state index contributed by atoms with van der Waals surface area (Å²) in [7, 11) is 0.643. The second-order valence-electron chi connectivity index (χ2n) is 11.5. The van der Waals surface area contributed by atoms with Gasteiger partial charge in [0.25, 0.3) is 15.9 Å². The molecule has 1 unspecified atom stereocenters. The Labute approximate surface area is 261 Å². The Kier molecular flexibility index (Phi) is 8.06. The van der Waals surface area contributed by atoms with Crippen molar-refractivity contribution in [3.63, 3.8) is 0 Å². The van der Waals surface area contributed by atoms with Crippen LogP contribution in [0.25, 0.3) is 0 Å². The minimum Gasteiger partial charge on any atom is -0.496 e. The highest BCUT2D eigenvalue weighted by atomic mass is 35.5. The summed E-state index contributed by atoms with van der Waals surface area (Å²) < 4.78 is 35.3. The van der Waals surface area contributed by atoms with Crippen LogP contribution < -0.4 is 9.04 Å². The third kappa shape index (κ3) is 4.85. The Hall–Kier alpha value is -2.96. The minimum absolute atomic E-state index is 0.0489. The topological polar surface area (TPSA) is 90.5 Å². The smallest absolute Gasteiger partial charge is 0.280 e. The van der Waals surface area contributed by atoms with Crippen molar-refractivity contribution >= 4 is 50.5 Å². The molecule has 6 rings (SSSR count). The number of thiophene rings is 1. The quantitative estimate of drug-likeness (QED) is 0.357. The maximum atomic E-state index is 15.2. The molecule has 3 aliphatic rings. The average Bonchev–Trinajstić information content (AvgIpc) is 3.80. The van der Waals surface area contributed by atoms with Crippen molar-refractivity contribution in [2.24, 2.45) is 0 Å². The maximum Gasteiger partial charge on any atom is 0.280 e. The van der Waals surface area contributed by atoms with E-state index in [4.69, 9.17) is 16.3 Å². The SMILES string of the molecule is COc1cc(CN2CCCC2)ccc1C1(N2CCC[C@H]2C(=O)N(C)C)C(=O)N(S(=O)(=O)c2cccs2)c2ccc(Cl)cc21. The van der Waals surface area contributed by atoms with E-state index in [1.807, 2.05) is 23.1 Å². The number of amides is 2. The number of nitrogens with zero attached hydrogens (tertiary/aromatic N) is 4.